The lowest BCUT2D eigenvalue weighted by molar-refractivity contribution is 0.163. The predicted molar refractivity (Wildman–Crippen MR) is 77.4 cm³/mol. The van der Waals surface area contributed by atoms with Gasteiger partial charge < -0.3 is 10.5 Å². The summed E-state index contributed by atoms with van der Waals surface area (Å²) in [7, 11) is -1.22. The van der Waals surface area contributed by atoms with Gasteiger partial charge in [0.1, 0.15) is 5.75 Å². The summed E-state index contributed by atoms with van der Waals surface area (Å²) in [5.41, 5.74) is 8.26. The molecule has 1 fully saturated rings. The molecule has 2 heterocycles. The molecule has 2 N–H and O–H groups in total. The van der Waals surface area contributed by atoms with E-state index in [4.69, 9.17) is 10.5 Å². The Morgan fingerprint density at radius 3 is 2.85 bits per heavy atom. The summed E-state index contributed by atoms with van der Waals surface area (Å²) >= 11 is 0. The summed E-state index contributed by atoms with van der Waals surface area (Å²) in [6.45, 7) is 1.22. The van der Waals surface area contributed by atoms with E-state index in [1.807, 2.05) is 12.1 Å². The van der Waals surface area contributed by atoms with Crippen LogP contribution in [-0.4, -0.2) is 44.5 Å². The average Bonchev–Trinajstić information content (AvgIpc) is 2.97. The zero-order chi connectivity index (χ0) is 14.3. The van der Waals surface area contributed by atoms with Gasteiger partial charge in [-0.2, -0.15) is 0 Å². The van der Waals surface area contributed by atoms with E-state index in [1.54, 1.807) is 7.11 Å². The minimum absolute atomic E-state index is 0.0747. The number of nitrogens with zero attached hydrogens (tertiary/aromatic N) is 1. The molecule has 0 aromatic heterocycles. The van der Waals surface area contributed by atoms with E-state index in [9.17, 15) is 8.42 Å². The highest BCUT2D eigenvalue weighted by atomic mass is 32.2. The number of benzene rings is 1. The van der Waals surface area contributed by atoms with Crippen molar-refractivity contribution >= 4 is 9.84 Å². The fourth-order valence-corrected chi connectivity index (χ4v) is 5.15. The van der Waals surface area contributed by atoms with Crippen LogP contribution in [-0.2, 0) is 16.4 Å². The number of fused-ring (bicyclic) bond motifs is 1. The highest BCUT2D eigenvalue weighted by molar-refractivity contribution is 7.91. The molecule has 2 aliphatic rings. The molecule has 2 atom stereocenters. The van der Waals surface area contributed by atoms with Crippen LogP contribution in [0.25, 0.3) is 0 Å². The van der Waals surface area contributed by atoms with Gasteiger partial charge >= 0.3 is 0 Å². The van der Waals surface area contributed by atoms with Crippen molar-refractivity contribution < 1.29 is 13.2 Å². The summed E-state index contributed by atoms with van der Waals surface area (Å²) in [6.07, 6.45) is 0.704. The molecule has 20 heavy (non-hydrogen) atoms. The predicted octanol–water partition coefficient (Wildman–Crippen LogP) is 0.698. The molecule has 1 saturated heterocycles. The highest BCUT2D eigenvalue weighted by Gasteiger charge is 2.40. The van der Waals surface area contributed by atoms with Crippen molar-refractivity contribution in [2.24, 2.45) is 5.73 Å². The smallest absolute Gasteiger partial charge is 0.151 e. The number of hydrogen-bond acceptors (Lipinski definition) is 5. The zero-order valence-corrected chi connectivity index (χ0v) is 12.4. The lowest BCUT2D eigenvalue weighted by Crippen LogP contribution is -2.37. The van der Waals surface area contributed by atoms with E-state index in [0.29, 0.717) is 18.7 Å². The third kappa shape index (κ3) is 2.21. The normalized spacial score (nSPS) is 28.5. The number of rotatable bonds is 3. The van der Waals surface area contributed by atoms with E-state index >= 15 is 0 Å². The minimum atomic E-state index is -2.88. The van der Waals surface area contributed by atoms with Gasteiger partial charge in [-0.15, -0.1) is 0 Å². The summed E-state index contributed by atoms with van der Waals surface area (Å²) in [5.74, 6) is 1.41. The first-order valence-electron chi connectivity index (χ1n) is 6.87. The van der Waals surface area contributed by atoms with Gasteiger partial charge in [0.2, 0.25) is 0 Å². The Morgan fingerprint density at radius 1 is 1.45 bits per heavy atom. The first kappa shape index (κ1) is 13.9. The summed E-state index contributed by atoms with van der Waals surface area (Å²) < 4.78 is 28.8. The topological polar surface area (TPSA) is 72.6 Å². The molecular weight excluding hydrogens is 276 g/mol. The first-order valence-corrected chi connectivity index (χ1v) is 8.70. The molecule has 1 aromatic rings. The molecule has 3 rings (SSSR count). The van der Waals surface area contributed by atoms with E-state index in [1.165, 1.54) is 5.56 Å². The van der Waals surface area contributed by atoms with Gasteiger partial charge in [0, 0.05) is 30.7 Å². The molecule has 0 aliphatic carbocycles. The van der Waals surface area contributed by atoms with Crippen LogP contribution in [0.3, 0.4) is 0 Å². The molecule has 1 aromatic carbocycles. The Balaban J connectivity index is 1.93. The highest BCUT2D eigenvalue weighted by Crippen LogP contribution is 2.40. The van der Waals surface area contributed by atoms with Crippen LogP contribution in [0.1, 0.15) is 23.6 Å². The molecular formula is C14H20N2O3S. The van der Waals surface area contributed by atoms with Crippen molar-refractivity contribution in [1.29, 1.82) is 0 Å². The molecule has 0 amide bonds. The van der Waals surface area contributed by atoms with Crippen molar-refractivity contribution in [3.05, 3.63) is 29.3 Å². The van der Waals surface area contributed by atoms with E-state index in [-0.39, 0.29) is 17.8 Å². The standard InChI is InChI=1S/C14H20N2O3S/c1-19-14-4-2-3-11-12(14)8-16(13(11)7-15)10-5-6-20(17,18)9-10/h2-4,10,13H,5-9,15H2,1H3. The minimum Gasteiger partial charge on any atom is -0.496 e. The summed E-state index contributed by atoms with van der Waals surface area (Å²) in [5, 5.41) is 0. The SMILES string of the molecule is COc1cccc2c1CN(C1CCS(=O)(=O)C1)C2CN. The van der Waals surface area contributed by atoms with Crippen molar-refractivity contribution in [1.82, 2.24) is 4.90 Å². The average molecular weight is 296 g/mol. The second-order valence-corrected chi connectivity index (χ2v) is 7.74. The Morgan fingerprint density at radius 2 is 2.25 bits per heavy atom. The lowest BCUT2D eigenvalue weighted by atomic mass is 10.0. The maximum absolute atomic E-state index is 11.7. The second kappa shape index (κ2) is 5.02. The molecule has 0 radical (unpaired) electrons. The molecule has 0 bridgehead atoms. The Hall–Kier alpha value is -1.11. The van der Waals surface area contributed by atoms with Crippen LogP contribution in [0.4, 0.5) is 0 Å². The van der Waals surface area contributed by atoms with Crippen LogP contribution in [0, 0.1) is 0 Å². The molecule has 6 heteroatoms. The second-order valence-electron chi connectivity index (χ2n) is 5.51. The molecule has 2 unspecified atom stereocenters. The van der Waals surface area contributed by atoms with Crippen molar-refractivity contribution in [2.45, 2.75) is 25.0 Å². The largest absolute Gasteiger partial charge is 0.496 e. The van der Waals surface area contributed by atoms with Gasteiger partial charge in [-0.05, 0) is 18.1 Å². The quantitative estimate of drug-likeness (QED) is 0.889. The maximum Gasteiger partial charge on any atom is 0.151 e. The van der Waals surface area contributed by atoms with Crippen molar-refractivity contribution in [3.8, 4) is 5.75 Å². The number of methoxy groups -OCH3 is 1. The van der Waals surface area contributed by atoms with Gasteiger partial charge in [0.25, 0.3) is 0 Å². The summed E-state index contributed by atoms with van der Waals surface area (Å²) in [4.78, 5) is 2.23. The monoisotopic (exact) mass is 296 g/mol. The molecule has 5 nitrogen and oxygen atoms in total. The Labute approximate surface area is 119 Å². The van der Waals surface area contributed by atoms with Crippen molar-refractivity contribution in [3.63, 3.8) is 0 Å². The third-order valence-corrected chi connectivity index (χ3v) is 6.14. The fraction of sp³-hybridized carbons (Fsp3) is 0.571. The Kier molecular flexibility index (Phi) is 3.48. The van der Waals surface area contributed by atoms with Gasteiger partial charge in [-0.1, -0.05) is 12.1 Å². The molecule has 0 spiro atoms. The van der Waals surface area contributed by atoms with Gasteiger partial charge in [-0.25, -0.2) is 8.42 Å². The van der Waals surface area contributed by atoms with Crippen LogP contribution >= 0.6 is 0 Å². The van der Waals surface area contributed by atoms with Gasteiger partial charge in [-0.3, -0.25) is 4.90 Å². The van der Waals surface area contributed by atoms with E-state index < -0.39 is 9.84 Å². The van der Waals surface area contributed by atoms with Gasteiger partial charge in [0.15, 0.2) is 9.84 Å². The van der Waals surface area contributed by atoms with E-state index in [0.717, 1.165) is 17.9 Å². The molecule has 0 saturated carbocycles. The van der Waals surface area contributed by atoms with Crippen LogP contribution in [0.15, 0.2) is 18.2 Å². The van der Waals surface area contributed by atoms with E-state index in [2.05, 4.69) is 11.0 Å². The first-order chi connectivity index (χ1) is 9.55. The fourth-order valence-electron chi connectivity index (χ4n) is 3.41. The maximum atomic E-state index is 11.7. The van der Waals surface area contributed by atoms with Crippen LogP contribution < -0.4 is 10.5 Å². The zero-order valence-electron chi connectivity index (χ0n) is 11.6. The molecule has 2 aliphatic heterocycles. The number of sulfone groups is 1. The third-order valence-electron chi connectivity index (χ3n) is 4.39. The Bertz CT molecular complexity index is 615. The van der Waals surface area contributed by atoms with Crippen molar-refractivity contribution in [2.75, 3.05) is 25.2 Å². The number of nitrogens with two attached hydrogens (primary N) is 1. The van der Waals surface area contributed by atoms with Crippen LogP contribution in [0.5, 0.6) is 5.75 Å². The summed E-state index contributed by atoms with van der Waals surface area (Å²) in [6, 6.07) is 6.15. The lowest BCUT2D eigenvalue weighted by Gasteiger charge is -2.29. The number of hydrogen-bond donors (Lipinski definition) is 1. The molecule has 110 valence electrons. The van der Waals surface area contributed by atoms with Gasteiger partial charge in [0.05, 0.1) is 18.6 Å². The number of ether oxygens (including phenoxy) is 1. The van der Waals surface area contributed by atoms with Crippen LogP contribution in [0.2, 0.25) is 0 Å².